The third-order valence-corrected chi connectivity index (χ3v) is 10.1. The van der Waals surface area contributed by atoms with E-state index in [9.17, 15) is 22.0 Å². The van der Waals surface area contributed by atoms with Crippen molar-refractivity contribution in [3.63, 3.8) is 0 Å². The summed E-state index contributed by atoms with van der Waals surface area (Å²) in [7, 11) is -3.97. The Morgan fingerprint density at radius 1 is 1.15 bits per heavy atom. The SMILES string of the molecule is CC1(NS(=O)(=O)c2cc(N3CCN(C(=O)C4CCCC4)CC3)c3cnn(-c4nnc(C(F)F)s4)c3c2)COC1. The van der Waals surface area contributed by atoms with E-state index in [0.717, 1.165) is 25.7 Å². The highest BCUT2D eigenvalue weighted by atomic mass is 32.2. The third-order valence-electron chi connectivity index (χ3n) is 7.61. The van der Waals surface area contributed by atoms with Gasteiger partial charge in [0.05, 0.1) is 35.4 Å². The molecule has 2 aliphatic heterocycles. The molecule has 39 heavy (non-hydrogen) atoms. The van der Waals surface area contributed by atoms with Crippen molar-refractivity contribution in [2.24, 2.45) is 5.92 Å². The van der Waals surface area contributed by atoms with E-state index in [1.54, 1.807) is 19.2 Å². The third kappa shape index (κ3) is 5.00. The fourth-order valence-corrected chi connectivity index (χ4v) is 7.59. The molecule has 3 aliphatic rings. The summed E-state index contributed by atoms with van der Waals surface area (Å²) in [6.45, 7) is 4.40. The second kappa shape index (κ2) is 10.0. The Morgan fingerprint density at radius 3 is 2.49 bits per heavy atom. The van der Waals surface area contributed by atoms with Gasteiger partial charge in [-0.15, -0.1) is 10.2 Å². The Labute approximate surface area is 228 Å². The predicted octanol–water partition coefficient (Wildman–Crippen LogP) is 2.72. The number of piperazine rings is 1. The van der Waals surface area contributed by atoms with Gasteiger partial charge in [-0.25, -0.2) is 26.6 Å². The number of fused-ring (bicyclic) bond motifs is 1. The molecule has 1 aromatic carbocycles. The van der Waals surface area contributed by atoms with Crippen molar-refractivity contribution < 1.29 is 26.7 Å². The number of nitrogens with zero attached hydrogens (tertiary/aromatic N) is 6. The number of benzene rings is 1. The summed E-state index contributed by atoms with van der Waals surface area (Å²) in [6.07, 6.45) is 2.86. The van der Waals surface area contributed by atoms with Crippen LogP contribution >= 0.6 is 11.3 Å². The number of carbonyl (C=O) groups is 1. The van der Waals surface area contributed by atoms with Gasteiger partial charge in [0.25, 0.3) is 6.43 Å². The highest BCUT2D eigenvalue weighted by Gasteiger charge is 2.38. The second-order valence-corrected chi connectivity index (χ2v) is 13.3. The molecule has 11 nitrogen and oxygen atoms in total. The van der Waals surface area contributed by atoms with Crippen molar-refractivity contribution in [1.82, 2.24) is 29.6 Å². The molecule has 6 rings (SSSR count). The summed E-state index contributed by atoms with van der Waals surface area (Å²) < 4.78 is 62.6. The molecule has 0 atom stereocenters. The molecule has 2 aromatic heterocycles. The molecule has 0 radical (unpaired) electrons. The maximum atomic E-state index is 13.5. The fourth-order valence-electron chi connectivity index (χ4n) is 5.50. The maximum Gasteiger partial charge on any atom is 0.291 e. The first kappa shape index (κ1) is 26.5. The number of anilines is 1. The van der Waals surface area contributed by atoms with Crippen LogP contribution in [0.25, 0.3) is 16.0 Å². The molecular formula is C24H29F2N7O4S2. The highest BCUT2D eigenvalue weighted by molar-refractivity contribution is 7.89. The van der Waals surface area contributed by atoms with Crippen molar-refractivity contribution >= 4 is 43.9 Å². The molecule has 0 bridgehead atoms. The molecule has 1 aliphatic carbocycles. The summed E-state index contributed by atoms with van der Waals surface area (Å²) in [4.78, 5) is 16.9. The quantitative estimate of drug-likeness (QED) is 0.452. The van der Waals surface area contributed by atoms with Gasteiger partial charge in [0.1, 0.15) is 0 Å². The van der Waals surface area contributed by atoms with E-state index in [4.69, 9.17) is 4.74 Å². The lowest BCUT2D eigenvalue weighted by Gasteiger charge is -2.39. The number of aromatic nitrogens is 4. The molecule has 210 valence electrons. The predicted molar refractivity (Wildman–Crippen MR) is 140 cm³/mol. The topological polar surface area (TPSA) is 123 Å². The molecule has 3 aromatic rings. The molecule has 3 fully saturated rings. The summed E-state index contributed by atoms with van der Waals surface area (Å²) in [5.74, 6) is 0.302. The normalized spacial score (nSPS) is 20.2. The Kier molecular flexibility index (Phi) is 6.80. The lowest BCUT2D eigenvalue weighted by atomic mass is 10.0. The van der Waals surface area contributed by atoms with Crippen LogP contribution in [0.3, 0.4) is 0 Å². The van der Waals surface area contributed by atoms with E-state index >= 15 is 0 Å². The summed E-state index contributed by atoms with van der Waals surface area (Å²) >= 11 is 0.695. The zero-order valence-corrected chi connectivity index (χ0v) is 23.0. The number of alkyl halides is 2. The van der Waals surface area contributed by atoms with Gasteiger partial charge in [-0.2, -0.15) is 5.10 Å². The number of amides is 1. The first-order chi connectivity index (χ1) is 18.6. The van der Waals surface area contributed by atoms with E-state index in [2.05, 4.69) is 20.0 Å². The fraction of sp³-hybridized carbons (Fsp3) is 0.583. The van der Waals surface area contributed by atoms with Crippen LogP contribution in [-0.4, -0.2) is 84.1 Å². The van der Waals surface area contributed by atoms with Gasteiger partial charge in [-0.3, -0.25) is 4.79 Å². The Bertz CT molecular complexity index is 1490. The van der Waals surface area contributed by atoms with Gasteiger partial charge in [0, 0.05) is 43.2 Å². The minimum absolute atomic E-state index is 0.0166. The number of hydrogen-bond donors (Lipinski definition) is 1. The minimum atomic E-state index is -3.97. The monoisotopic (exact) mass is 581 g/mol. The van der Waals surface area contributed by atoms with Crippen molar-refractivity contribution in [3.05, 3.63) is 23.3 Å². The van der Waals surface area contributed by atoms with Crippen LogP contribution in [0.2, 0.25) is 0 Å². The molecular weight excluding hydrogens is 552 g/mol. The lowest BCUT2D eigenvalue weighted by molar-refractivity contribution is -0.135. The number of nitrogens with one attached hydrogen (secondary N) is 1. The second-order valence-electron chi connectivity index (χ2n) is 10.6. The van der Waals surface area contributed by atoms with Gasteiger partial charge >= 0.3 is 0 Å². The van der Waals surface area contributed by atoms with Gasteiger partial charge in [-0.1, -0.05) is 24.2 Å². The van der Waals surface area contributed by atoms with Crippen LogP contribution in [0.1, 0.15) is 44.0 Å². The zero-order chi connectivity index (χ0) is 27.4. The van der Waals surface area contributed by atoms with Gasteiger partial charge in [0.2, 0.25) is 21.1 Å². The molecule has 15 heteroatoms. The van der Waals surface area contributed by atoms with Crippen LogP contribution in [-0.2, 0) is 19.6 Å². The van der Waals surface area contributed by atoms with Gasteiger partial charge in [-0.05, 0) is 31.9 Å². The first-order valence-electron chi connectivity index (χ1n) is 12.9. The van der Waals surface area contributed by atoms with Gasteiger partial charge < -0.3 is 14.5 Å². The Hall–Kier alpha value is -2.75. The van der Waals surface area contributed by atoms with Crippen LogP contribution < -0.4 is 9.62 Å². The maximum absolute atomic E-state index is 13.5. The van der Waals surface area contributed by atoms with Crippen LogP contribution in [0, 0.1) is 5.92 Å². The summed E-state index contributed by atoms with van der Waals surface area (Å²) in [5, 5.41) is 12.1. The van der Waals surface area contributed by atoms with Crippen LogP contribution in [0.4, 0.5) is 14.5 Å². The molecule has 1 amide bonds. The van der Waals surface area contributed by atoms with Crippen molar-refractivity contribution in [3.8, 4) is 5.13 Å². The average Bonchev–Trinajstić information content (AvgIpc) is 3.67. The Balaban J connectivity index is 1.36. The van der Waals surface area contributed by atoms with E-state index < -0.39 is 27.0 Å². The summed E-state index contributed by atoms with van der Waals surface area (Å²) in [5.41, 5.74) is 0.330. The van der Waals surface area contributed by atoms with Crippen molar-refractivity contribution in [2.75, 3.05) is 44.3 Å². The molecule has 0 unspecified atom stereocenters. The minimum Gasteiger partial charge on any atom is -0.377 e. The van der Waals surface area contributed by atoms with Crippen LogP contribution in [0.15, 0.2) is 23.2 Å². The number of rotatable bonds is 7. The summed E-state index contributed by atoms with van der Waals surface area (Å²) in [6, 6.07) is 3.08. The van der Waals surface area contributed by atoms with Crippen molar-refractivity contribution in [1.29, 1.82) is 0 Å². The number of carbonyl (C=O) groups excluding carboxylic acids is 1. The van der Waals surface area contributed by atoms with E-state index in [1.165, 1.54) is 10.7 Å². The Morgan fingerprint density at radius 2 is 1.87 bits per heavy atom. The van der Waals surface area contributed by atoms with Crippen molar-refractivity contribution in [2.45, 2.75) is 49.5 Å². The molecule has 1 saturated carbocycles. The number of hydrogen-bond acceptors (Lipinski definition) is 9. The number of halogens is 2. The average molecular weight is 582 g/mol. The highest BCUT2D eigenvalue weighted by Crippen LogP contribution is 2.35. The van der Waals surface area contributed by atoms with E-state index in [0.29, 0.717) is 54.1 Å². The number of sulfonamides is 1. The molecule has 2 saturated heterocycles. The largest absolute Gasteiger partial charge is 0.377 e. The van der Waals surface area contributed by atoms with E-state index in [1.807, 2.05) is 9.80 Å². The number of ether oxygens (including phenoxy) is 1. The molecule has 4 heterocycles. The molecule has 1 N–H and O–H groups in total. The van der Waals surface area contributed by atoms with Gasteiger partial charge in [0.15, 0.2) is 5.01 Å². The van der Waals surface area contributed by atoms with E-state index in [-0.39, 0.29) is 35.1 Å². The lowest BCUT2D eigenvalue weighted by Crippen LogP contribution is -2.59. The van der Waals surface area contributed by atoms with Crippen LogP contribution in [0.5, 0.6) is 0 Å². The zero-order valence-electron chi connectivity index (χ0n) is 21.3. The smallest absolute Gasteiger partial charge is 0.291 e. The first-order valence-corrected chi connectivity index (χ1v) is 15.2. The molecule has 0 spiro atoms. The standard InChI is InChI=1S/C24H29F2N7O4S2/c1-24(13-37-14-24)30-39(35,36)16-10-18(31-6-8-32(9-7-31)22(34)15-4-2-3-5-15)17-12-27-33(19(17)11-16)23-29-28-21(38-23)20(25)26/h10-12,15,20,30H,2-9,13-14H2,1H3.